The number of hydrogen-bond acceptors (Lipinski definition) is 1. The number of carbonyl (C=O) groups excluding carboxylic acids is 1. The van der Waals surface area contributed by atoms with Crippen molar-refractivity contribution in [2.45, 2.75) is 11.2 Å². The van der Waals surface area contributed by atoms with E-state index in [-0.39, 0.29) is 10.7 Å². The van der Waals surface area contributed by atoms with Crippen molar-refractivity contribution in [2.24, 2.45) is 0 Å². The monoisotopic (exact) mass is 427 g/mol. The topological polar surface area (TPSA) is 29.1 Å². The first-order chi connectivity index (χ1) is 10.1. The molecule has 108 valence electrons. The summed E-state index contributed by atoms with van der Waals surface area (Å²) in [7, 11) is 0. The van der Waals surface area contributed by atoms with Gasteiger partial charge in [0.1, 0.15) is 0 Å². The van der Waals surface area contributed by atoms with E-state index in [1.165, 1.54) is 0 Å². The van der Waals surface area contributed by atoms with E-state index in [1.54, 1.807) is 0 Å². The van der Waals surface area contributed by atoms with E-state index in [9.17, 15) is 4.79 Å². The van der Waals surface area contributed by atoms with E-state index in [0.29, 0.717) is 11.6 Å². The largest absolute Gasteiger partial charge is 0.352 e. The van der Waals surface area contributed by atoms with Crippen LogP contribution in [0, 0.1) is 0 Å². The van der Waals surface area contributed by atoms with E-state index < -0.39 is 0 Å². The third-order valence-corrected chi connectivity index (χ3v) is 5.44. The van der Waals surface area contributed by atoms with Gasteiger partial charge in [-0.15, -0.1) is 0 Å². The summed E-state index contributed by atoms with van der Waals surface area (Å²) in [5.74, 6) is -0.00172. The Morgan fingerprint density at radius 2 is 2.00 bits per heavy atom. The second kappa shape index (κ2) is 6.11. The molecule has 1 atom stereocenters. The van der Waals surface area contributed by atoms with Crippen molar-refractivity contribution in [1.29, 1.82) is 0 Å². The first-order valence-corrected chi connectivity index (χ1v) is 8.65. The lowest BCUT2D eigenvalue weighted by atomic mass is 9.95. The number of halogens is 3. The van der Waals surface area contributed by atoms with Crippen molar-refractivity contribution in [1.82, 2.24) is 5.32 Å². The number of carbonyl (C=O) groups is 1. The van der Waals surface area contributed by atoms with Gasteiger partial charge in [-0.05, 0) is 47.4 Å². The van der Waals surface area contributed by atoms with Crippen LogP contribution in [0.5, 0.6) is 0 Å². The number of rotatable bonds is 2. The van der Waals surface area contributed by atoms with Crippen LogP contribution in [0.2, 0.25) is 5.02 Å². The van der Waals surface area contributed by atoms with Crippen molar-refractivity contribution in [3.63, 3.8) is 0 Å². The van der Waals surface area contributed by atoms with Gasteiger partial charge in [-0.3, -0.25) is 4.79 Å². The molecule has 2 aromatic rings. The molecule has 1 N–H and O–H groups in total. The summed E-state index contributed by atoms with van der Waals surface area (Å²) in [6, 6.07) is 11.8. The molecular weight excluding hydrogens is 417 g/mol. The fraction of sp³-hybridized carbons (Fsp3) is 0.188. The standard InChI is InChI=1S/C16H12Br2ClNO/c17-11-3-4-14(19)13(8-11)15(18)10-2-1-9-5-6-20-16(21)12(9)7-10/h1-4,7-8,15H,5-6H2,(H,20,21). The molecule has 0 fully saturated rings. The highest BCUT2D eigenvalue weighted by Gasteiger charge is 2.20. The second-order valence-corrected chi connectivity index (χ2v) is 7.19. The third kappa shape index (κ3) is 3.03. The molecule has 0 spiro atoms. The third-order valence-electron chi connectivity index (χ3n) is 3.58. The summed E-state index contributed by atoms with van der Waals surface area (Å²) in [6.07, 6.45) is 0.881. The molecule has 1 unspecified atom stereocenters. The lowest BCUT2D eigenvalue weighted by Crippen LogP contribution is -2.31. The van der Waals surface area contributed by atoms with Gasteiger partial charge in [0.15, 0.2) is 0 Å². The number of fused-ring (bicyclic) bond motifs is 1. The lowest BCUT2D eigenvalue weighted by molar-refractivity contribution is 0.0946. The van der Waals surface area contributed by atoms with Gasteiger partial charge in [-0.1, -0.05) is 55.6 Å². The number of alkyl halides is 1. The average Bonchev–Trinajstić information content (AvgIpc) is 2.49. The number of benzene rings is 2. The van der Waals surface area contributed by atoms with Crippen LogP contribution in [-0.4, -0.2) is 12.5 Å². The molecule has 1 aliphatic rings. The van der Waals surface area contributed by atoms with E-state index >= 15 is 0 Å². The highest BCUT2D eigenvalue weighted by Crippen LogP contribution is 2.37. The van der Waals surface area contributed by atoms with E-state index in [2.05, 4.69) is 37.2 Å². The second-order valence-electron chi connectivity index (χ2n) is 4.95. The molecule has 1 amide bonds. The molecule has 1 heterocycles. The van der Waals surface area contributed by atoms with Crippen molar-refractivity contribution in [2.75, 3.05) is 6.54 Å². The van der Waals surface area contributed by atoms with Crippen molar-refractivity contribution in [3.05, 3.63) is 68.1 Å². The first kappa shape index (κ1) is 15.1. The van der Waals surface area contributed by atoms with Gasteiger partial charge >= 0.3 is 0 Å². The van der Waals surface area contributed by atoms with E-state index in [4.69, 9.17) is 11.6 Å². The smallest absolute Gasteiger partial charge is 0.251 e. The predicted molar refractivity (Wildman–Crippen MR) is 92.4 cm³/mol. The average molecular weight is 430 g/mol. The van der Waals surface area contributed by atoms with Gasteiger partial charge in [0, 0.05) is 21.6 Å². The number of hydrogen-bond donors (Lipinski definition) is 1. The minimum atomic E-state index is -0.0532. The Bertz CT molecular complexity index is 717. The van der Waals surface area contributed by atoms with Crippen LogP contribution in [0.4, 0.5) is 0 Å². The Morgan fingerprint density at radius 1 is 1.19 bits per heavy atom. The summed E-state index contributed by atoms with van der Waals surface area (Å²) in [5, 5.41) is 3.57. The zero-order valence-corrected chi connectivity index (χ0v) is 14.9. The minimum absolute atomic E-state index is 0.00172. The highest BCUT2D eigenvalue weighted by atomic mass is 79.9. The molecule has 0 bridgehead atoms. The first-order valence-electron chi connectivity index (χ1n) is 6.56. The summed E-state index contributed by atoms with van der Waals surface area (Å²) in [6.45, 7) is 0.709. The Kier molecular flexibility index (Phi) is 4.38. The Labute approximate surface area is 145 Å². The van der Waals surface area contributed by atoms with Crippen molar-refractivity contribution < 1.29 is 4.79 Å². The maximum Gasteiger partial charge on any atom is 0.251 e. The molecule has 5 heteroatoms. The van der Waals surface area contributed by atoms with Crippen LogP contribution in [0.15, 0.2) is 40.9 Å². The van der Waals surface area contributed by atoms with Gasteiger partial charge in [-0.2, -0.15) is 0 Å². The molecule has 0 saturated heterocycles. The van der Waals surface area contributed by atoms with Gasteiger partial charge in [0.2, 0.25) is 0 Å². The van der Waals surface area contributed by atoms with E-state index in [1.807, 2.05) is 36.4 Å². The zero-order valence-electron chi connectivity index (χ0n) is 11.0. The Hall–Kier alpha value is -0.840. The maximum absolute atomic E-state index is 12.0. The van der Waals surface area contributed by atoms with Gasteiger partial charge in [0.05, 0.1) is 4.83 Å². The number of amides is 1. The van der Waals surface area contributed by atoms with Crippen LogP contribution in [0.1, 0.15) is 31.9 Å². The summed E-state index contributed by atoms with van der Waals surface area (Å²) < 4.78 is 0.974. The molecule has 2 aromatic carbocycles. The zero-order chi connectivity index (χ0) is 15.0. The molecule has 1 aliphatic heterocycles. The molecular formula is C16H12Br2ClNO. The number of nitrogens with one attached hydrogen (secondary N) is 1. The summed E-state index contributed by atoms with van der Waals surface area (Å²) >= 11 is 13.4. The van der Waals surface area contributed by atoms with Gasteiger partial charge in [0.25, 0.3) is 5.91 Å². The van der Waals surface area contributed by atoms with Crippen LogP contribution in [0.25, 0.3) is 0 Å². The molecule has 0 radical (unpaired) electrons. The predicted octanol–water partition coefficient (Wildman–Crippen LogP) is 4.87. The Morgan fingerprint density at radius 3 is 2.81 bits per heavy atom. The molecule has 2 nitrogen and oxygen atoms in total. The molecule has 0 saturated carbocycles. The maximum atomic E-state index is 12.0. The molecule has 0 aromatic heterocycles. The quantitative estimate of drug-likeness (QED) is 0.678. The fourth-order valence-electron chi connectivity index (χ4n) is 2.48. The fourth-order valence-corrected chi connectivity index (χ4v) is 3.88. The highest BCUT2D eigenvalue weighted by molar-refractivity contribution is 9.10. The van der Waals surface area contributed by atoms with Gasteiger partial charge in [-0.25, -0.2) is 0 Å². The van der Waals surface area contributed by atoms with Gasteiger partial charge < -0.3 is 5.32 Å². The lowest BCUT2D eigenvalue weighted by Gasteiger charge is -2.19. The SMILES string of the molecule is O=C1NCCc2ccc(C(Br)c3cc(Br)ccc3Cl)cc21. The molecule has 21 heavy (non-hydrogen) atoms. The van der Waals surface area contributed by atoms with Crippen molar-refractivity contribution >= 4 is 49.4 Å². The van der Waals surface area contributed by atoms with Crippen LogP contribution in [-0.2, 0) is 6.42 Å². The minimum Gasteiger partial charge on any atom is -0.352 e. The summed E-state index contributed by atoms with van der Waals surface area (Å²) in [4.78, 5) is 11.9. The normalized spacial score (nSPS) is 15.3. The van der Waals surface area contributed by atoms with Crippen LogP contribution >= 0.6 is 43.5 Å². The molecule has 0 aliphatic carbocycles. The van der Waals surface area contributed by atoms with Crippen LogP contribution < -0.4 is 5.32 Å². The summed E-state index contributed by atoms with van der Waals surface area (Å²) in [5.41, 5.74) is 3.85. The van der Waals surface area contributed by atoms with Crippen LogP contribution in [0.3, 0.4) is 0 Å². The van der Waals surface area contributed by atoms with E-state index in [0.717, 1.165) is 33.1 Å². The Balaban J connectivity index is 2.02. The molecule has 3 rings (SSSR count). The van der Waals surface area contributed by atoms with Crippen molar-refractivity contribution in [3.8, 4) is 0 Å².